The van der Waals surface area contributed by atoms with Crippen LogP contribution in [0.15, 0.2) is 0 Å². The lowest BCUT2D eigenvalue weighted by atomic mass is 10.0. The molecule has 6 heteroatoms. The smallest absolute Gasteiger partial charge is 0.291 e. The van der Waals surface area contributed by atoms with E-state index >= 15 is 0 Å². The van der Waals surface area contributed by atoms with E-state index in [-0.39, 0.29) is 17.8 Å². The molecule has 0 aliphatic carbocycles. The van der Waals surface area contributed by atoms with Crippen LogP contribution in [0.1, 0.15) is 36.7 Å². The van der Waals surface area contributed by atoms with Gasteiger partial charge < -0.3 is 10.1 Å². The molecule has 2 unspecified atom stereocenters. The SMILES string of the molecule is CCc1nc(C(=O)NC(C)C2CCOC2)n[nH]1. The maximum absolute atomic E-state index is 11.8. The van der Waals surface area contributed by atoms with Gasteiger partial charge in [-0.05, 0) is 13.3 Å². The number of nitrogens with zero attached hydrogens (tertiary/aromatic N) is 2. The largest absolute Gasteiger partial charge is 0.381 e. The maximum atomic E-state index is 11.8. The Balaban J connectivity index is 1.91. The van der Waals surface area contributed by atoms with Gasteiger partial charge in [0.1, 0.15) is 5.82 Å². The average Bonchev–Trinajstić information content (AvgIpc) is 3.00. The summed E-state index contributed by atoms with van der Waals surface area (Å²) in [4.78, 5) is 15.9. The standard InChI is InChI=1S/C11H18N4O2/c1-3-9-13-10(15-14-9)11(16)12-7(2)8-4-5-17-6-8/h7-8H,3-6H2,1-2H3,(H,12,16)(H,13,14,15). The number of aromatic amines is 1. The van der Waals surface area contributed by atoms with E-state index in [4.69, 9.17) is 4.74 Å². The molecule has 0 bridgehead atoms. The molecule has 0 saturated carbocycles. The van der Waals surface area contributed by atoms with Gasteiger partial charge in [-0.3, -0.25) is 9.89 Å². The Labute approximate surface area is 100 Å². The molecule has 1 amide bonds. The normalized spacial score (nSPS) is 21.4. The minimum atomic E-state index is -0.222. The third kappa shape index (κ3) is 2.82. The molecule has 1 aromatic heterocycles. The predicted octanol–water partition coefficient (Wildman–Crippen LogP) is 0.522. The van der Waals surface area contributed by atoms with Crippen molar-refractivity contribution < 1.29 is 9.53 Å². The lowest BCUT2D eigenvalue weighted by Gasteiger charge is -2.18. The highest BCUT2D eigenvalue weighted by atomic mass is 16.5. The lowest BCUT2D eigenvalue weighted by molar-refractivity contribution is 0.0912. The van der Waals surface area contributed by atoms with E-state index in [2.05, 4.69) is 20.5 Å². The number of carbonyl (C=O) groups is 1. The van der Waals surface area contributed by atoms with Gasteiger partial charge in [0.15, 0.2) is 0 Å². The van der Waals surface area contributed by atoms with E-state index in [0.717, 1.165) is 31.9 Å². The number of ether oxygens (including phenoxy) is 1. The van der Waals surface area contributed by atoms with Crippen molar-refractivity contribution in [3.05, 3.63) is 11.6 Å². The molecule has 1 aliphatic rings. The zero-order chi connectivity index (χ0) is 12.3. The van der Waals surface area contributed by atoms with Gasteiger partial charge in [0.25, 0.3) is 5.91 Å². The van der Waals surface area contributed by atoms with E-state index < -0.39 is 0 Å². The summed E-state index contributed by atoms with van der Waals surface area (Å²) in [5.74, 6) is 1.11. The molecular formula is C11H18N4O2. The Morgan fingerprint density at radius 1 is 1.71 bits per heavy atom. The van der Waals surface area contributed by atoms with Crippen LogP contribution in [0, 0.1) is 5.92 Å². The van der Waals surface area contributed by atoms with Crippen LogP contribution in [0.4, 0.5) is 0 Å². The first-order chi connectivity index (χ1) is 8.20. The van der Waals surface area contributed by atoms with Crippen LogP contribution in [0.3, 0.4) is 0 Å². The molecule has 1 aliphatic heterocycles. The molecule has 2 heterocycles. The van der Waals surface area contributed by atoms with Crippen molar-refractivity contribution in [3.8, 4) is 0 Å². The van der Waals surface area contributed by atoms with Gasteiger partial charge in [-0.15, -0.1) is 5.10 Å². The molecule has 2 N–H and O–H groups in total. The van der Waals surface area contributed by atoms with Gasteiger partial charge in [-0.1, -0.05) is 6.92 Å². The van der Waals surface area contributed by atoms with Crippen LogP contribution in [-0.2, 0) is 11.2 Å². The molecule has 0 spiro atoms. The Morgan fingerprint density at radius 3 is 3.12 bits per heavy atom. The minimum absolute atomic E-state index is 0.0913. The monoisotopic (exact) mass is 238 g/mol. The number of H-pyrrole nitrogens is 1. The molecular weight excluding hydrogens is 220 g/mol. The average molecular weight is 238 g/mol. The number of hydrogen-bond donors (Lipinski definition) is 2. The molecule has 1 aromatic rings. The van der Waals surface area contributed by atoms with Crippen molar-refractivity contribution in [1.29, 1.82) is 0 Å². The maximum Gasteiger partial charge on any atom is 0.291 e. The van der Waals surface area contributed by atoms with Gasteiger partial charge in [-0.2, -0.15) is 0 Å². The van der Waals surface area contributed by atoms with Crippen molar-refractivity contribution in [2.45, 2.75) is 32.7 Å². The van der Waals surface area contributed by atoms with Gasteiger partial charge in [0.2, 0.25) is 5.82 Å². The van der Waals surface area contributed by atoms with Gasteiger partial charge >= 0.3 is 0 Å². The fourth-order valence-electron chi connectivity index (χ4n) is 1.89. The van der Waals surface area contributed by atoms with Gasteiger partial charge in [0, 0.05) is 25.0 Å². The number of nitrogens with one attached hydrogen (secondary N) is 2. The van der Waals surface area contributed by atoms with Gasteiger partial charge in [-0.25, -0.2) is 4.98 Å². The third-order valence-electron chi connectivity index (χ3n) is 3.10. The Bertz CT molecular complexity index is 385. The van der Waals surface area contributed by atoms with E-state index in [1.54, 1.807) is 0 Å². The van der Waals surface area contributed by atoms with Crippen molar-refractivity contribution in [1.82, 2.24) is 20.5 Å². The summed E-state index contributed by atoms with van der Waals surface area (Å²) in [5.41, 5.74) is 0. The van der Waals surface area contributed by atoms with Crippen LogP contribution in [0.2, 0.25) is 0 Å². The lowest BCUT2D eigenvalue weighted by Crippen LogP contribution is -2.38. The topological polar surface area (TPSA) is 79.9 Å². The molecule has 17 heavy (non-hydrogen) atoms. The van der Waals surface area contributed by atoms with E-state index in [1.807, 2.05) is 13.8 Å². The quantitative estimate of drug-likeness (QED) is 0.801. The predicted molar refractivity (Wildman–Crippen MR) is 61.6 cm³/mol. The first-order valence-electron chi connectivity index (χ1n) is 6.00. The number of rotatable bonds is 4. The number of aryl methyl sites for hydroxylation is 1. The van der Waals surface area contributed by atoms with Crippen LogP contribution in [0.5, 0.6) is 0 Å². The zero-order valence-corrected chi connectivity index (χ0v) is 10.2. The highest BCUT2D eigenvalue weighted by molar-refractivity contribution is 5.90. The summed E-state index contributed by atoms with van der Waals surface area (Å²) in [5, 5.41) is 9.53. The zero-order valence-electron chi connectivity index (χ0n) is 10.2. The third-order valence-corrected chi connectivity index (χ3v) is 3.10. The summed E-state index contributed by atoms with van der Waals surface area (Å²) in [6.45, 7) is 5.45. The molecule has 2 atom stereocenters. The fourth-order valence-corrected chi connectivity index (χ4v) is 1.89. The summed E-state index contributed by atoms with van der Waals surface area (Å²) in [6.07, 6.45) is 1.74. The number of hydrogen-bond acceptors (Lipinski definition) is 4. The second-order valence-electron chi connectivity index (χ2n) is 4.35. The summed E-state index contributed by atoms with van der Waals surface area (Å²) >= 11 is 0. The first kappa shape index (κ1) is 12.0. The fraction of sp³-hybridized carbons (Fsp3) is 0.727. The highest BCUT2D eigenvalue weighted by Gasteiger charge is 2.24. The molecule has 94 valence electrons. The highest BCUT2D eigenvalue weighted by Crippen LogP contribution is 2.16. The van der Waals surface area contributed by atoms with Crippen LogP contribution < -0.4 is 5.32 Å². The molecule has 0 radical (unpaired) electrons. The number of aromatic nitrogens is 3. The van der Waals surface area contributed by atoms with Crippen molar-refractivity contribution in [3.63, 3.8) is 0 Å². The Morgan fingerprint density at radius 2 is 2.53 bits per heavy atom. The van der Waals surface area contributed by atoms with Crippen LogP contribution in [-0.4, -0.2) is 40.3 Å². The molecule has 2 rings (SSSR count). The molecule has 1 saturated heterocycles. The number of amides is 1. The van der Waals surface area contributed by atoms with E-state index in [0.29, 0.717) is 5.92 Å². The van der Waals surface area contributed by atoms with Crippen LogP contribution >= 0.6 is 0 Å². The minimum Gasteiger partial charge on any atom is -0.381 e. The second kappa shape index (κ2) is 5.27. The van der Waals surface area contributed by atoms with Crippen LogP contribution in [0.25, 0.3) is 0 Å². The summed E-state index contributed by atoms with van der Waals surface area (Å²) < 4.78 is 5.30. The summed E-state index contributed by atoms with van der Waals surface area (Å²) in [6, 6.07) is 0.0913. The van der Waals surface area contributed by atoms with Crippen molar-refractivity contribution in [2.24, 2.45) is 5.92 Å². The Kier molecular flexibility index (Phi) is 3.73. The van der Waals surface area contributed by atoms with Crippen molar-refractivity contribution in [2.75, 3.05) is 13.2 Å². The van der Waals surface area contributed by atoms with Gasteiger partial charge in [0.05, 0.1) is 6.61 Å². The van der Waals surface area contributed by atoms with Crippen molar-refractivity contribution >= 4 is 5.91 Å². The van der Waals surface area contributed by atoms with E-state index in [9.17, 15) is 4.79 Å². The second-order valence-corrected chi connectivity index (χ2v) is 4.35. The van der Waals surface area contributed by atoms with E-state index in [1.165, 1.54) is 0 Å². The molecule has 6 nitrogen and oxygen atoms in total. The molecule has 0 aromatic carbocycles. The molecule has 1 fully saturated rings. The number of carbonyl (C=O) groups excluding carboxylic acids is 1. The summed E-state index contributed by atoms with van der Waals surface area (Å²) in [7, 11) is 0. The first-order valence-corrected chi connectivity index (χ1v) is 6.00. The Hall–Kier alpha value is -1.43.